The molecular weight excluding hydrogens is 578 g/mol. The number of halogens is 1. The van der Waals surface area contributed by atoms with Gasteiger partial charge in [0, 0.05) is 54.7 Å². The maximum atomic E-state index is 13.2. The quantitative estimate of drug-likeness (QED) is 0.156. The second-order valence-corrected chi connectivity index (χ2v) is 13.4. The van der Waals surface area contributed by atoms with Crippen LogP contribution in [-0.4, -0.2) is 67.8 Å². The molecule has 2 amide bonds. The lowest BCUT2D eigenvalue weighted by Crippen LogP contribution is -2.55. The Morgan fingerprint density at radius 1 is 0.930 bits per heavy atom. The highest BCUT2D eigenvalue weighted by Crippen LogP contribution is 2.32. The summed E-state index contributed by atoms with van der Waals surface area (Å²) in [5.41, 5.74) is 3.70. The molecule has 9 heteroatoms. The Morgan fingerprint density at radius 2 is 1.63 bits per heavy atom. The average molecular weight is 616 g/mol. The number of piperazine rings is 1. The lowest BCUT2D eigenvalue weighted by atomic mass is 9.86. The van der Waals surface area contributed by atoms with Crippen molar-refractivity contribution in [3.8, 4) is 17.1 Å². The zero-order chi connectivity index (χ0) is 30.6. The van der Waals surface area contributed by atoms with Crippen molar-refractivity contribution in [1.29, 1.82) is 0 Å². The number of carbonyl (C=O) groups excluding carboxylic acids is 2. The third-order valence-electron chi connectivity index (χ3n) is 7.77. The van der Waals surface area contributed by atoms with E-state index in [9.17, 15) is 9.59 Å². The molecule has 43 heavy (non-hydrogen) atoms. The number of amides is 2. The van der Waals surface area contributed by atoms with Crippen molar-refractivity contribution in [1.82, 2.24) is 24.6 Å². The number of para-hydroxylation sites is 1. The van der Waals surface area contributed by atoms with Crippen molar-refractivity contribution in [2.45, 2.75) is 57.1 Å². The fraction of sp³-hybridized carbons (Fsp3) is 0.353. The lowest BCUT2D eigenvalue weighted by Gasteiger charge is -2.40. The van der Waals surface area contributed by atoms with Crippen LogP contribution in [0, 0.1) is 0 Å². The van der Waals surface area contributed by atoms with Crippen molar-refractivity contribution in [2.75, 3.05) is 25.4 Å². The molecule has 0 radical (unpaired) electrons. The van der Waals surface area contributed by atoms with Crippen LogP contribution >= 0.6 is 23.4 Å². The first-order chi connectivity index (χ1) is 20.6. The Morgan fingerprint density at radius 3 is 2.30 bits per heavy atom. The van der Waals surface area contributed by atoms with Gasteiger partial charge in [0.05, 0.1) is 5.02 Å². The minimum atomic E-state index is -0.0467. The molecule has 1 saturated heterocycles. The van der Waals surface area contributed by atoms with Gasteiger partial charge in [0.1, 0.15) is 0 Å². The SMILES string of the molecule is CC1CN(C(=O)CCCSc2nnc(-c3ccccc3Cl)n2-c2ccccc2)CCN1C(=O)c1ccc(C(C)(C)C)cc1. The number of carbonyl (C=O) groups is 2. The highest BCUT2D eigenvalue weighted by molar-refractivity contribution is 7.99. The molecule has 4 aromatic rings. The Hall–Kier alpha value is -3.62. The van der Waals surface area contributed by atoms with Gasteiger partial charge in [-0.2, -0.15) is 0 Å². The van der Waals surface area contributed by atoms with Crippen LogP contribution in [-0.2, 0) is 10.2 Å². The predicted molar refractivity (Wildman–Crippen MR) is 174 cm³/mol. The molecule has 0 saturated carbocycles. The topological polar surface area (TPSA) is 71.3 Å². The lowest BCUT2D eigenvalue weighted by molar-refractivity contribution is -0.133. The summed E-state index contributed by atoms with van der Waals surface area (Å²) in [6.07, 6.45) is 1.15. The monoisotopic (exact) mass is 615 g/mol. The number of hydrogen-bond donors (Lipinski definition) is 0. The minimum absolute atomic E-state index is 0.0233. The molecule has 0 spiro atoms. The third kappa shape index (κ3) is 7.13. The van der Waals surface area contributed by atoms with E-state index in [1.807, 2.05) is 100 Å². The van der Waals surface area contributed by atoms with Gasteiger partial charge in [-0.3, -0.25) is 14.2 Å². The fourth-order valence-corrected chi connectivity index (χ4v) is 6.41. The van der Waals surface area contributed by atoms with Gasteiger partial charge in [0.2, 0.25) is 5.91 Å². The molecule has 5 rings (SSSR count). The maximum absolute atomic E-state index is 13.2. The van der Waals surface area contributed by atoms with Crippen molar-refractivity contribution in [3.05, 3.63) is 95.0 Å². The largest absolute Gasteiger partial charge is 0.339 e. The normalized spacial score (nSPS) is 15.5. The van der Waals surface area contributed by atoms with Gasteiger partial charge in [-0.25, -0.2) is 0 Å². The van der Waals surface area contributed by atoms with Crippen molar-refractivity contribution >= 4 is 35.2 Å². The number of benzene rings is 3. The van der Waals surface area contributed by atoms with Gasteiger partial charge in [0.25, 0.3) is 5.91 Å². The fourth-order valence-electron chi connectivity index (χ4n) is 5.30. The summed E-state index contributed by atoms with van der Waals surface area (Å²) in [5, 5.41) is 10.3. The van der Waals surface area contributed by atoms with Gasteiger partial charge < -0.3 is 9.80 Å². The molecule has 224 valence electrons. The van der Waals surface area contributed by atoms with Crippen molar-refractivity contribution in [2.24, 2.45) is 0 Å². The average Bonchev–Trinajstić information content (AvgIpc) is 3.42. The van der Waals surface area contributed by atoms with Crippen LogP contribution in [0.3, 0.4) is 0 Å². The van der Waals surface area contributed by atoms with E-state index in [1.54, 1.807) is 11.8 Å². The molecule has 1 aliphatic rings. The van der Waals surface area contributed by atoms with E-state index in [-0.39, 0.29) is 23.3 Å². The number of aromatic nitrogens is 3. The summed E-state index contributed by atoms with van der Waals surface area (Å²) in [5.74, 6) is 1.55. The van der Waals surface area contributed by atoms with E-state index in [2.05, 4.69) is 31.0 Å². The molecular formula is C34H38ClN5O2S. The number of nitrogens with zero attached hydrogens (tertiary/aromatic N) is 5. The van der Waals surface area contributed by atoms with Crippen LogP contribution in [0.15, 0.2) is 84.0 Å². The van der Waals surface area contributed by atoms with E-state index in [4.69, 9.17) is 11.6 Å². The summed E-state index contributed by atoms with van der Waals surface area (Å²) in [6.45, 7) is 10.1. The van der Waals surface area contributed by atoms with Crippen molar-refractivity contribution in [3.63, 3.8) is 0 Å². The van der Waals surface area contributed by atoms with Gasteiger partial charge in [0.15, 0.2) is 11.0 Å². The Kier molecular flexibility index (Phi) is 9.57. The molecule has 0 N–H and O–H groups in total. The molecule has 1 aromatic heterocycles. The molecule has 2 heterocycles. The highest BCUT2D eigenvalue weighted by Gasteiger charge is 2.30. The van der Waals surface area contributed by atoms with Gasteiger partial charge in [-0.1, -0.05) is 86.6 Å². The first-order valence-corrected chi connectivity index (χ1v) is 16.1. The van der Waals surface area contributed by atoms with Crippen LogP contribution < -0.4 is 0 Å². The van der Waals surface area contributed by atoms with E-state index in [0.717, 1.165) is 22.2 Å². The molecule has 0 bridgehead atoms. The molecule has 1 atom stereocenters. The molecule has 7 nitrogen and oxygen atoms in total. The first-order valence-electron chi connectivity index (χ1n) is 14.7. The summed E-state index contributed by atoms with van der Waals surface area (Å²) in [7, 11) is 0. The third-order valence-corrected chi connectivity index (χ3v) is 9.11. The van der Waals surface area contributed by atoms with E-state index in [0.29, 0.717) is 48.9 Å². The van der Waals surface area contributed by atoms with Crippen LogP contribution in [0.2, 0.25) is 5.02 Å². The number of rotatable bonds is 8. The molecule has 1 unspecified atom stereocenters. The Labute approximate surface area is 263 Å². The van der Waals surface area contributed by atoms with Crippen LogP contribution in [0.25, 0.3) is 17.1 Å². The Bertz CT molecular complexity index is 1570. The van der Waals surface area contributed by atoms with Crippen LogP contribution in [0.5, 0.6) is 0 Å². The van der Waals surface area contributed by atoms with Crippen LogP contribution in [0.1, 0.15) is 56.5 Å². The van der Waals surface area contributed by atoms with Gasteiger partial charge in [-0.05, 0) is 60.7 Å². The van der Waals surface area contributed by atoms with Gasteiger partial charge >= 0.3 is 0 Å². The minimum Gasteiger partial charge on any atom is -0.339 e. The maximum Gasteiger partial charge on any atom is 0.254 e. The second-order valence-electron chi connectivity index (χ2n) is 11.9. The molecule has 0 aliphatic carbocycles. The standard InChI is InChI=1S/C34H38ClN5O2S/c1-24-23-38(20-21-39(24)32(42)25-16-18-26(19-17-25)34(2,3)4)30(41)15-10-22-43-33-37-36-31(28-13-8-9-14-29(28)35)40(33)27-11-6-5-7-12-27/h5-9,11-14,16-19,24H,10,15,20-23H2,1-4H3. The van der Waals surface area contributed by atoms with E-state index >= 15 is 0 Å². The van der Waals surface area contributed by atoms with Crippen LogP contribution in [0.4, 0.5) is 0 Å². The van der Waals surface area contributed by atoms with E-state index < -0.39 is 0 Å². The second kappa shape index (κ2) is 13.3. The molecule has 3 aromatic carbocycles. The first kappa shape index (κ1) is 30.8. The summed E-state index contributed by atoms with van der Waals surface area (Å²) >= 11 is 8.08. The zero-order valence-corrected chi connectivity index (χ0v) is 26.7. The molecule has 1 aliphatic heterocycles. The number of hydrogen-bond acceptors (Lipinski definition) is 5. The van der Waals surface area contributed by atoms with Gasteiger partial charge in [-0.15, -0.1) is 10.2 Å². The van der Waals surface area contributed by atoms with E-state index in [1.165, 1.54) is 5.56 Å². The zero-order valence-electron chi connectivity index (χ0n) is 25.2. The summed E-state index contributed by atoms with van der Waals surface area (Å²) in [4.78, 5) is 30.1. The highest BCUT2D eigenvalue weighted by atomic mass is 35.5. The number of thioether (sulfide) groups is 1. The van der Waals surface area contributed by atoms with Crippen molar-refractivity contribution < 1.29 is 9.59 Å². The summed E-state index contributed by atoms with van der Waals surface area (Å²) in [6, 6.07) is 25.5. The Balaban J connectivity index is 1.16. The molecule has 1 fully saturated rings. The summed E-state index contributed by atoms with van der Waals surface area (Å²) < 4.78 is 2.02. The predicted octanol–water partition coefficient (Wildman–Crippen LogP) is 7.13. The smallest absolute Gasteiger partial charge is 0.254 e.